The van der Waals surface area contributed by atoms with Crippen molar-refractivity contribution in [3.8, 4) is 0 Å². The van der Waals surface area contributed by atoms with Crippen molar-refractivity contribution in [2.45, 2.75) is 26.8 Å². The maximum absolute atomic E-state index is 12.1. The van der Waals surface area contributed by atoms with Gasteiger partial charge in [0.05, 0.1) is 12.6 Å². The Morgan fingerprint density at radius 3 is 2.79 bits per heavy atom. The first-order valence-corrected chi connectivity index (χ1v) is 6.39. The Morgan fingerprint density at radius 1 is 1.47 bits per heavy atom. The van der Waals surface area contributed by atoms with E-state index in [1.807, 2.05) is 43.4 Å². The van der Waals surface area contributed by atoms with Crippen molar-refractivity contribution in [3.05, 3.63) is 35.8 Å². The Labute approximate surface area is 112 Å². The van der Waals surface area contributed by atoms with Gasteiger partial charge in [0.1, 0.15) is 11.3 Å². The van der Waals surface area contributed by atoms with Crippen LogP contribution in [0.1, 0.15) is 30.0 Å². The normalized spacial score (nSPS) is 12.9. The molecule has 0 spiro atoms. The molecule has 1 atom stereocenters. The molecule has 2 N–H and O–H groups in total. The Kier molecular flexibility index (Phi) is 3.85. The lowest BCUT2D eigenvalue weighted by molar-refractivity contribution is 0.0892. The number of nitrogens with one attached hydrogen (secondary N) is 1. The van der Waals surface area contributed by atoms with Gasteiger partial charge in [-0.25, -0.2) is 4.98 Å². The third-order valence-electron chi connectivity index (χ3n) is 3.25. The number of fused-ring (bicyclic) bond motifs is 1. The summed E-state index contributed by atoms with van der Waals surface area (Å²) in [6.45, 7) is 5.79. The van der Waals surface area contributed by atoms with E-state index in [0.717, 1.165) is 11.3 Å². The van der Waals surface area contributed by atoms with Crippen LogP contribution in [0.5, 0.6) is 0 Å². The summed E-state index contributed by atoms with van der Waals surface area (Å²) < 4.78 is 1.87. The standard InChI is InChI=1S/C14H19N3O2/c1-9(2)12(8-18)16-14(19)11-7-17-10(3)5-4-6-13(17)15-11/h4-7,9,12,18H,8H2,1-3H3,(H,16,19)/t12-/m1/s1. The van der Waals surface area contributed by atoms with Crippen LogP contribution >= 0.6 is 0 Å². The van der Waals surface area contributed by atoms with E-state index >= 15 is 0 Å². The average molecular weight is 261 g/mol. The lowest BCUT2D eigenvalue weighted by Crippen LogP contribution is -2.41. The number of aromatic nitrogens is 2. The van der Waals surface area contributed by atoms with E-state index in [1.165, 1.54) is 0 Å². The van der Waals surface area contributed by atoms with Crippen molar-refractivity contribution in [3.63, 3.8) is 0 Å². The molecule has 1 amide bonds. The van der Waals surface area contributed by atoms with Crippen molar-refractivity contribution >= 4 is 11.6 Å². The number of aliphatic hydroxyl groups is 1. The van der Waals surface area contributed by atoms with E-state index in [2.05, 4.69) is 10.3 Å². The van der Waals surface area contributed by atoms with E-state index < -0.39 is 0 Å². The first kappa shape index (κ1) is 13.5. The molecule has 0 aliphatic carbocycles. The van der Waals surface area contributed by atoms with Crippen LogP contribution in [-0.4, -0.2) is 33.0 Å². The van der Waals surface area contributed by atoms with Crippen molar-refractivity contribution in [2.75, 3.05) is 6.61 Å². The van der Waals surface area contributed by atoms with Gasteiger partial charge in [-0.3, -0.25) is 4.79 Å². The van der Waals surface area contributed by atoms with Crippen molar-refractivity contribution in [1.29, 1.82) is 0 Å². The van der Waals surface area contributed by atoms with Gasteiger partial charge in [-0.15, -0.1) is 0 Å². The minimum absolute atomic E-state index is 0.0736. The van der Waals surface area contributed by atoms with E-state index in [4.69, 9.17) is 0 Å². The predicted octanol–water partition coefficient (Wildman–Crippen LogP) is 1.39. The third-order valence-corrected chi connectivity index (χ3v) is 3.25. The molecular formula is C14H19N3O2. The second-order valence-corrected chi connectivity index (χ2v) is 5.03. The molecule has 2 heterocycles. The molecule has 19 heavy (non-hydrogen) atoms. The van der Waals surface area contributed by atoms with Gasteiger partial charge >= 0.3 is 0 Å². The minimum atomic E-state index is -0.254. The highest BCUT2D eigenvalue weighted by Crippen LogP contribution is 2.09. The number of aliphatic hydroxyl groups excluding tert-OH is 1. The number of nitrogens with zero attached hydrogens (tertiary/aromatic N) is 2. The first-order valence-electron chi connectivity index (χ1n) is 6.39. The molecule has 0 aliphatic rings. The van der Waals surface area contributed by atoms with Gasteiger partial charge in [0.15, 0.2) is 0 Å². The molecule has 5 heteroatoms. The highest BCUT2D eigenvalue weighted by Gasteiger charge is 2.18. The second kappa shape index (κ2) is 5.40. The number of hydrogen-bond donors (Lipinski definition) is 2. The summed E-state index contributed by atoms with van der Waals surface area (Å²) >= 11 is 0. The fourth-order valence-electron chi connectivity index (χ4n) is 1.92. The predicted molar refractivity (Wildman–Crippen MR) is 73.1 cm³/mol. The zero-order valence-electron chi connectivity index (χ0n) is 11.4. The molecule has 2 aromatic rings. The van der Waals surface area contributed by atoms with Crippen molar-refractivity contribution in [2.24, 2.45) is 5.92 Å². The van der Waals surface area contributed by atoms with Gasteiger partial charge in [0.2, 0.25) is 0 Å². The molecule has 0 saturated carbocycles. The van der Waals surface area contributed by atoms with Gasteiger partial charge in [-0.1, -0.05) is 19.9 Å². The Bertz CT molecular complexity index is 589. The highest BCUT2D eigenvalue weighted by molar-refractivity contribution is 5.93. The van der Waals surface area contributed by atoms with E-state index in [0.29, 0.717) is 5.69 Å². The number of carbonyl (C=O) groups excluding carboxylic acids is 1. The number of pyridine rings is 1. The van der Waals surface area contributed by atoms with E-state index in [9.17, 15) is 9.90 Å². The molecule has 0 unspecified atom stereocenters. The molecule has 0 saturated heterocycles. The highest BCUT2D eigenvalue weighted by atomic mass is 16.3. The van der Waals surface area contributed by atoms with Gasteiger partial charge in [-0.05, 0) is 25.0 Å². The molecule has 0 aromatic carbocycles. The molecule has 5 nitrogen and oxygen atoms in total. The number of amides is 1. The van der Waals surface area contributed by atoms with Crippen molar-refractivity contribution in [1.82, 2.24) is 14.7 Å². The Balaban J connectivity index is 2.24. The Morgan fingerprint density at radius 2 is 2.21 bits per heavy atom. The van der Waals surface area contributed by atoms with Crippen LogP contribution in [0.4, 0.5) is 0 Å². The molecule has 0 bridgehead atoms. The number of rotatable bonds is 4. The lowest BCUT2D eigenvalue weighted by atomic mass is 10.1. The lowest BCUT2D eigenvalue weighted by Gasteiger charge is -2.18. The molecule has 2 aromatic heterocycles. The topological polar surface area (TPSA) is 66.6 Å². The zero-order chi connectivity index (χ0) is 14.0. The fourth-order valence-corrected chi connectivity index (χ4v) is 1.92. The van der Waals surface area contributed by atoms with Crippen LogP contribution in [0.3, 0.4) is 0 Å². The summed E-state index contributed by atoms with van der Waals surface area (Å²) in [7, 11) is 0. The fraction of sp³-hybridized carbons (Fsp3) is 0.429. The number of aryl methyl sites for hydroxylation is 1. The number of hydrogen-bond acceptors (Lipinski definition) is 3. The molecule has 0 radical (unpaired) electrons. The summed E-state index contributed by atoms with van der Waals surface area (Å²) in [6.07, 6.45) is 1.72. The van der Waals surface area contributed by atoms with Gasteiger partial charge < -0.3 is 14.8 Å². The van der Waals surface area contributed by atoms with E-state index in [1.54, 1.807) is 6.20 Å². The van der Waals surface area contributed by atoms with Crippen LogP contribution in [0.2, 0.25) is 0 Å². The van der Waals surface area contributed by atoms with Crippen LogP contribution in [-0.2, 0) is 0 Å². The van der Waals surface area contributed by atoms with Crippen LogP contribution < -0.4 is 5.32 Å². The molecule has 0 fully saturated rings. The van der Waals surface area contributed by atoms with Gasteiger partial charge in [0, 0.05) is 11.9 Å². The summed E-state index contributed by atoms with van der Waals surface area (Å²) in [5.41, 5.74) is 2.13. The van der Waals surface area contributed by atoms with Gasteiger partial charge in [-0.2, -0.15) is 0 Å². The molecule has 0 aliphatic heterocycles. The SMILES string of the molecule is Cc1cccc2nc(C(=O)N[C@H](CO)C(C)C)cn12. The summed E-state index contributed by atoms with van der Waals surface area (Å²) in [5, 5.41) is 12.0. The zero-order valence-corrected chi connectivity index (χ0v) is 11.4. The maximum Gasteiger partial charge on any atom is 0.271 e. The van der Waals surface area contributed by atoms with E-state index in [-0.39, 0.29) is 24.5 Å². The maximum atomic E-state index is 12.1. The summed E-state index contributed by atoms with van der Waals surface area (Å²) in [4.78, 5) is 16.4. The second-order valence-electron chi connectivity index (χ2n) is 5.03. The minimum Gasteiger partial charge on any atom is -0.394 e. The van der Waals surface area contributed by atoms with Gasteiger partial charge in [0.25, 0.3) is 5.91 Å². The molecular weight excluding hydrogens is 242 g/mol. The molecule has 102 valence electrons. The van der Waals surface area contributed by atoms with Crippen LogP contribution in [0.25, 0.3) is 5.65 Å². The summed E-state index contributed by atoms with van der Waals surface area (Å²) in [6, 6.07) is 5.47. The van der Waals surface area contributed by atoms with Crippen molar-refractivity contribution < 1.29 is 9.90 Å². The smallest absolute Gasteiger partial charge is 0.271 e. The average Bonchev–Trinajstić information content (AvgIpc) is 2.80. The quantitative estimate of drug-likeness (QED) is 0.874. The number of carbonyl (C=O) groups is 1. The summed E-state index contributed by atoms with van der Waals surface area (Å²) in [5.74, 6) is -0.0800. The van der Waals surface area contributed by atoms with Crippen LogP contribution in [0, 0.1) is 12.8 Å². The number of imidazole rings is 1. The Hall–Kier alpha value is -1.88. The van der Waals surface area contributed by atoms with Crippen LogP contribution in [0.15, 0.2) is 24.4 Å². The monoisotopic (exact) mass is 261 g/mol. The largest absolute Gasteiger partial charge is 0.394 e. The first-order chi connectivity index (χ1) is 9.02. The molecule has 2 rings (SSSR count). The third kappa shape index (κ3) is 2.76.